The Morgan fingerprint density at radius 1 is 1.15 bits per heavy atom. The van der Waals surface area contributed by atoms with Crippen LogP contribution < -0.4 is 20.5 Å². The molecule has 2 amide bonds. The Morgan fingerprint density at radius 3 is 2.62 bits per heavy atom. The zero-order valence-electron chi connectivity index (χ0n) is 14.4. The van der Waals surface area contributed by atoms with Gasteiger partial charge in [-0.15, -0.1) is 0 Å². The highest BCUT2D eigenvalue weighted by atomic mass is 16.5. The highest BCUT2D eigenvalue weighted by Crippen LogP contribution is 2.34. The fourth-order valence-electron chi connectivity index (χ4n) is 2.40. The quantitative estimate of drug-likeness (QED) is 0.750. The summed E-state index contributed by atoms with van der Waals surface area (Å²) < 4.78 is 11.1. The van der Waals surface area contributed by atoms with Gasteiger partial charge in [0.1, 0.15) is 0 Å². The zero-order valence-corrected chi connectivity index (χ0v) is 14.4. The number of para-hydroxylation sites is 1. The number of rotatable bonds is 7. The monoisotopic (exact) mass is 352 g/mol. The molecular formula is C20H20N2O4. The maximum atomic E-state index is 12.1. The third-order valence-electron chi connectivity index (χ3n) is 3.88. The van der Waals surface area contributed by atoms with E-state index < -0.39 is 5.91 Å². The van der Waals surface area contributed by atoms with Crippen LogP contribution >= 0.6 is 0 Å². The molecule has 2 aromatic carbocycles. The zero-order chi connectivity index (χ0) is 18.5. The summed E-state index contributed by atoms with van der Waals surface area (Å²) in [5.41, 5.74) is 6.74. The summed E-state index contributed by atoms with van der Waals surface area (Å²) in [6, 6.07) is 12.1. The first-order valence-corrected chi connectivity index (χ1v) is 8.29. The number of carbonyl (C=O) groups is 2. The number of methoxy groups -OCH3 is 1. The summed E-state index contributed by atoms with van der Waals surface area (Å²) in [5, 5.41) is 2.65. The lowest BCUT2D eigenvalue weighted by Crippen LogP contribution is -2.16. The van der Waals surface area contributed by atoms with Gasteiger partial charge < -0.3 is 20.5 Å². The molecule has 1 fully saturated rings. The number of ether oxygens (including phenoxy) is 2. The largest absolute Gasteiger partial charge is 0.493 e. The molecule has 6 nitrogen and oxygen atoms in total. The predicted octanol–water partition coefficient (Wildman–Crippen LogP) is 2.99. The van der Waals surface area contributed by atoms with Crippen molar-refractivity contribution in [3.8, 4) is 11.5 Å². The average molecular weight is 352 g/mol. The second kappa shape index (κ2) is 7.74. The van der Waals surface area contributed by atoms with Crippen LogP contribution in [-0.4, -0.2) is 25.0 Å². The molecule has 1 aliphatic carbocycles. The summed E-state index contributed by atoms with van der Waals surface area (Å²) in [4.78, 5) is 23.5. The maximum absolute atomic E-state index is 12.1. The standard InChI is InChI=1S/C20H20N2O4/c1-25-18-12-13(6-10-17(18)26-14-8-9-14)7-11-19(23)22-16-5-3-2-4-15(16)20(21)24/h2-7,10-12,14H,8-9H2,1H3,(H2,21,24)(H,22,23)/b11-7+. The predicted molar refractivity (Wildman–Crippen MR) is 99.3 cm³/mol. The normalized spacial score (nSPS) is 13.4. The topological polar surface area (TPSA) is 90.6 Å². The number of hydrogen-bond acceptors (Lipinski definition) is 4. The van der Waals surface area contributed by atoms with E-state index in [-0.39, 0.29) is 17.6 Å². The summed E-state index contributed by atoms with van der Waals surface area (Å²) in [6.07, 6.45) is 5.45. The van der Waals surface area contributed by atoms with E-state index in [1.807, 2.05) is 12.1 Å². The Morgan fingerprint density at radius 2 is 1.92 bits per heavy atom. The summed E-state index contributed by atoms with van der Waals surface area (Å²) >= 11 is 0. The molecule has 2 aromatic rings. The summed E-state index contributed by atoms with van der Waals surface area (Å²) in [5.74, 6) is 0.363. The van der Waals surface area contributed by atoms with Crippen molar-refractivity contribution in [1.82, 2.24) is 0 Å². The lowest BCUT2D eigenvalue weighted by atomic mass is 10.1. The number of carbonyl (C=O) groups excluding carboxylic acids is 2. The van der Waals surface area contributed by atoms with Gasteiger partial charge in [0.05, 0.1) is 24.5 Å². The van der Waals surface area contributed by atoms with Crippen molar-refractivity contribution in [1.29, 1.82) is 0 Å². The van der Waals surface area contributed by atoms with Gasteiger partial charge in [0, 0.05) is 6.08 Å². The molecule has 0 aromatic heterocycles. The lowest BCUT2D eigenvalue weighted by Gasteiger charge is -2.10. The smallest absolute Gasteiger partial charge is 0.250 e. The van der Waals surface area contributed by atoms with Gasteiger partial charge in [0.15, 0.2) is 11.5 Å². The Labute approximate surface area is 151 Å². The Balaban J connectivity index is 1.69. The van der Waals surface area contributed by atoms with Gasteiger partial charge in [0.25, 0.3) is 5.91 Å². The molecule has 0 heterocycles. The van der Waals surface area contributed by atoms with Crippen LogP contribution in [-0.2, 0) is 4.79 Å². The van der Waals surface area contributed by atoms with E-state index in [1.54, 1.807) is 43.5 Å². The van der Waals surface area contributed by atoms with Gasteiger partial charge >= 0.3 is 0 Å². The van der Waals surface area contributed by atoms with E-state index in [2.05, 4.69) is 5.32 Å². The molecule has 0 unspecified atom stereocenters. The van der Waals surface area contributed by atoms with Gasteiger partial charge in [0.2, 0.25) is 5.91 Å². The first-order valence-electron chi connectivity index (χ1n) is 8.29. The van der Waals surface area contributed by atoms with Gasteiger partial charge in [-0.2, -0.15) is 0 Å². The molecule has 3 rings (SSSR count). The molecule has 134 valence electrons. The van der Waals surface area contributed by atoms with Crippen molar-refractivity contribution < 1.29 is 19.1 Å². The van der Waals surface area contributed by atoms with Gasteiger partial charge in [-0.05, 0) is 48.7 Å². The van der Waals surface area contributed by atoms with Crippen LogP contribution in [0, 0.1) is 0 Å². The molecule has 3 N–H and O–H groups in total. The Bertz CT molecular complexity index is 857. The lowest BCUT2D eigenvalue weighted by molar-refractivity contribution is -0.111. The molecule has 26 heavy (non-hydrogen) atoms. The fraction of sp³-hybridized carbons (Fsp3) is 0.200. The second-order valence-electron chi connectivity index (χ2n) is 5.96. The third-order valence-corrected chi connectivity index (χ3v) is 3.88. The van der Waals surface area contributed by atoms with Crippen molar-refractivity contribution in [3.63, 3.8) is 0 Å². The van der Waals surface area contributed by atoms with Gasteiger partial charge in [-0.25, -0.2) is 0 Å². The SMILES string of the molecule is COc1cc(/C=C/C(=O)Nc2ccccc2C(N)=O)ccc1OC1CC1. The van der Waals surface area contributed by atoms with Gasteiger partial charge in [-0.3, -0.25) is 9.59 Å². The van der Waals surface area contributed by atoms with E-state index in [1.165, 1.54) is 6.08 Å². The number of hydrogen-bond donors (Lipinski definition) is 2. The first-order chi connectivity index (χ1) is 12.6. The molecule has 0 bridgehead atoms. The molecular weight excluding hydrogens is 332 g/mol. The van der Waals surface area contributed by atoms with Crippen LogP contribution in [0.5, 0.6) is 11.5 Å². The van der Waals surface area contributed by atoms with E-state index in [4.69, 9.17) is 15.2 Å². The minimum atomic E-state index is -0.596. The summed E-state index contributed by atoms with van der Waals surface area (Å²) in [7, 11) is 1.58. The van der Waals surface area contributed by atoms with Crippen LogP contribution in [0.3, 0.4) is 0 Å². The first kappa shape index (κ1) is 17.5. The number of nitrogens with two attached hydrogens (primary N) is 1. The van der Waals surface area contributed by atoms with Gasteiger partial charge in [-0.1, -0.05) is 18.2 Å². The second-order valence-corrected chi connectivity index (χ2v) is 5.96. The van der Waals surface area contributed by atoms with E-state index in [0.29, 0.717) is 17.2 Å². The summed E-state index contributed by atoms with van der Waals surface area (Å²) in [6.45, 7) is 0. The van der Waals surface area contributed by atoms with Crippen molar-refractivity contribution >= 4 is 23.6 Å². The molecule has 1 aliphatic rings. The van der Waals surface area contributed by atoms with Crippen molar-refractivity contribution in [3.05, 3.63) is 59.7 Å². The van der Waals surface area contributed by atoms with Crippen molar-refractivity contribution in [2.75, 3.05) is 12.4 Å². The minimum absolute atomic E-state index is 0.262. The molecule has 0 radical (unpaired) electrons. The Kier molecular flexibility index (Phi) is 5.22. The minimum Gasteiger partial charge on any atom is -0.493 e. The highest BCUT2D eigenvalue weighted by Gasteiger charge is 2.24. The third kappa shape index (κ3) is 4.42. The number of benzene rings is 2. The average Bonchev–Trinajstić information content (AvgIpc) is 3.45. The van der Waals surface area contributed by atoms with Crippen LogP contribution in [0.1, 0.15) is 28.8 Å². The number of primary amides is 1. The highest BCUT2D eigenvalue weighted by molar-refractivity contribution is 6.07. The molecule has 0 atom stereocenters. The van der Waals surface area contributed by atoms with Crippen molar-refractivity contribution in [2.45, 2.75) is 18.9 Å². The van der Waals surface area contributed by atoms with Crippen LogP contribution in [0.15, 0.2) is 48.5 Å². The van der Waals surface area contributed by atoms with E-state index >= 15 is 0 Å². The number of nitrogens with one attached hydrogen (secondary N) is 1. The molecule has 0 aliphatic heterocycles. The molecule has 1 saturated carbocycles. The molecule has 6 heteroatoms. The maximum Gasteiger partial charge on any atom is 0.250 e. The van der Waals surface area contributed by atoms with Crippen molar-refractivity contribution in [2.24, 2.45) is 5.73 Å². The fourth-order valence-corrected chi connectivity index (χ4v) is 2.40. The number of amides is 2. The van der Waals surface area contributed by atoms with E-state index in [9.17, 15) is 9.59 Å². The molecule has 0 saturated heterocycles. The Hall–Kier alpha value is -3.28. The van der Waals surface area contributed by atoms with Crippen LogP contribution in [0.2, 0.25) is 0 Å². The van der Waals surface area contributed by atoms with Crippen LogP contribution in [0.4, 0.5) is 5.69 Å². The van der Waals surface area contributed by atoms with E-state index in [0.717, 1.165) is 18.4 Å². The van der Waals surface area contributed by atoms with Crippen LogP contribution in [0.25, 0.3) is 6.08 Å². The number of anilines is 1. The molecule has 0 spiro atoms.